The van der Waals surface area contributed by atoms with Gasteiger partial charge in [0.15, 0.2) is 5.96 Å². The Labute approximate surface area is 130 Å². The Morgan fingerprint density at radius 1 is 1.20 bits per heavy atom. The maximum Gasteiger partial charge on any atom is 0.196 e. The summed E-state index contributed by atoms with van der Waals surface area (Å²) >= 11 is 0. The minimum Gasteiger partial charge on any atom is -0.369 e. The molecule has 0 bridgehead atoms. The Balaban J connectivity index is 0.00000169. The van der Waals surface area contributed by atoms with Crippen molar-refractivity contribution < 1.29 is 5.48 Å². The molecule has 0 fully saturated rings. The van der Waals surface area contributed by atoms with Crippen molar-refractivity contribution in [2.24, 2.45) is 10.7 Å². The summed E-state index contributed by atoms with van der Waals surface area (Å²) in [5, 5.41) is 0. The van der Waals surface area contributed by atoms with Crippen molar-refractivity contribution in [2.75, 3.05) is 11.4 Å². The van der Waals surface area contributed by atoms with Gasteiger partial charge in [0, 0.05) is 5.69 Å². The smallest absolute Gasteiger partial charge is 0.196 e. The van der Waals surface area contributed by atoms with E-state index in [9.17, 15) is 0 Å². The number of para-hydroxylation sites is 1. The lowest BCUT2D eigenvalue weighted by molar-refractivity contribution is 0.768. The van der Waals surface area contributed by atoms with Crippen molar-refractivity contribution in [3.63, 3.8) is 0 Å². The van der Waals surface area contributed by atoms with Crippen molar-refractivity contribution in [3.05, 3.63) is 65.1 Å². The Morgan fingerprint density at radius 3 is 2.90 bits per heavy atom. The second kappa shape index (κ2) is 4.84. The maximum atomic E-state index is 8.32. The van der Waals surface area contributed by atoms with Crippen LogP contribution in [0.1, 0.15) is 28.2 Å². The molecule has 1 unspecified atom stereocenters. The molecule has 102 valence electrons. The second-order valence-electron chi connectivity index (χ2n) is 4.78. The van der Waals surface area contributed by atoms with Crippen LogP contribution in [0.4, 0.5) is 5.69 Å². The van der Waals surface area contributed by atoms with E-state index < -0.39 is 0 Å². The number of nitrogens with zero attached hydrogens (tertiary/aromatic N) is 2. The number of anilines is 1. The normalized spacial score (nSPS) is 21.9. The molecule has 2 N–H and O–H groups in total. The largest absolute Gasteiger partial charge is 0.369 e. The molecule has 0 saturated heterocycles. The molecule has 0 spiro atoms. The van der Waals surface area contributed by atoms with Gasteiger partial charge in [0.2, 0.25) is 0 Å². The van der Waals surface area contributed by atoms with Crippen LogP contribution in [0.5, 0.6) is 0 Å². The van der Waals surface area contributed by atoms with Gasteiger partial charge in [-0.3, -0.25) is 4.99 Å². The van der Waals surface area contributed by atoms with Crippen molar-refractivity contribution in [1.29, 1.82) is 0 Å². The lowest BCUT2D eigenvalue weighted by Crippen LogP contribution is -2.36. The van der Waals surface area contributed by atoms with Gasteiger partial charge < -0.3 is 10.6 Å². The number of hydrogen-bond acceptors (Lipinski definition) is 3. The van der Waals surface area contributed by atoms with Crippen LogP contribution < -0.4 is 10.6 Å². The maximum absolute atomic E-state index is 8.32. The van der Waals surface area contributed by atoms with Gasteiger partial charge in [-0.2, -0.15) is 0 Å². The number of rotatable bonds is 0. The molecule has 2 aliphatic heterocycles. The van der Waals surface area contributed by atoms with E-state index in [4.69, 9.17) is 11.2 Å². The van der Waals surface area contributed by atoms with Gasteiger partial charge in [0.25, 0.3) is 0 Å². The van der Waals surface area contributed by atoms with Gasteiger partial charge in [-0.1, -0.05) is 42.4 Å². The first-order valence-corrected chi connectivity index (χ1v) is 6.27. The molecule has 2 heterocycles. The molecule has 0 saturated carbocycles. The van der Waals surface area contributed by atoms with Gasteiger partial charge >= 0.3 is 0 Å². The van der Waals surface area contributed by atoms with Gasteiger partial charge in [0.05, 0.1) is 18.1 Å². The van der Waals surface area contributed by atoms with Crippen LogP contribution >= 0.6 is 12.4 Å². The van der Waals surface area contributed by atoms with Crippen LogP contribution in [0.3, 0.4) is 0 Å². The number of aliphatic imine (C=N–C) groups is 1. The van der Waals surface area contributed by atoms with Crippen molar-refractivity contribution in [3.8, 4) is 0 Å². The topological polar surface area (TPSA) is 41.6 Å². The third-order valence-corrected chi connectivity index (χ3v) is 3.73. The zero-order valence-corrected chi connectivity index (χ0v) is 11.5. The Kier molecular flexibility index (Phi) is 2.18. The second-order valence-corrected chi connectivity index (χ2v) is 4.78. The van der Waals surface area contributed by atoms with E-state index in [0.717, 1.165) is 11.3 Å². The standard InChI is InChI=1S/C16H15N3.ClH/c17-16-18-10-15-13-7-3-1-5-11(13)9-12-6-2-4-8-14(12)19(15)16;/h1-8,15H,9-10H2,(H2,17,18);1H/i1D,3D,5D,7D;. The molecule has 0 aromatic heterocycles. The van der Waals surface area contributed by atoms with Crippen LogP contribution in [-0.4, -0.2) is 12.5 Å². The summed E-state index contributed by atoms with van der Waals surface area (Å²) in [7, 11) is 0. The average Bonchev–Trinajstić information content (AvgIpc) is 2.85. The summed E-state index contributed by atoms with van der Waals surface area (Å²) in [6.07, 6.45) is 0.461. The first-order chi connectivity index (χ1) is 11.0. The Hall–Kier alpha value is -2.00. The molecule has 0 radical (unpaired) electrons. The van der Waals surface area contributed by atoms with Crippen LogP contribution in [0, 0.1) is 0 Å². The summed E-state index contributed by atoms with van der Waals surface area (Å²) in [5.41, 5.74) is 9.23. The molecule has 0 amide bonds. The van der Waals surface area contributed by atoms with E-state index in [1.54, 1.807) is 0 Å². The number of hydrogen-bond donors (Lipinski definition) is 1. The van der Waals surface area contributed by atoms with E-state index in [2.05, 4.69) is 4.99 Å². The molecular weight excluding hydrogens is 270 g/mol. The van der Waals surface area contributed by atoms with E-state index in [1.165, 1.54) is 0 Å². The fourth-order valence-corrected chi connectivity index (χ4v) is 2.87. The zero-order chi connectivity index (χ0) is 16.3. The van der Waals surface area contributed by atoms with E-state index in [1.807, 2.05) is 29.2 Å². The van der Waals surface area contributed by atoms with Crippen molar-refractivity contribution in [1.82, 2.24) is 0 Å². The fourth-order valence-electron chi connectivity index (χ4n) is 2.87. The van der Waals surface area contributed by atoms with Crippen LogP contribution in [-0.2, 0) is 6.42 Å². The molecule has 1 atom stereocenters. The number of benzene rings is 2. The highest BCUT2D eigenvalue weighted by atomic mass is 35.5. The predicted molar refractivity (Wildman–Crippen MR) is 84.6 cm³/mol. The Bertz CT molecular complexity index is 869. The fraction of sp³-hybridized carbons (Fsp3) is 0.188. The first kappa shape index (κ1) is 9.03. The molecule has 4 rings (SSSR count). The summed E-state index contributed by atoms with van der Waals surface area (Å²) in [6.45, 7) is 0.398. The lowest BCUT2D eigenvalue weighted by atomic mass is 9.97. The summed E-state index contributed by atoms with van der Waals surface area (Å²) in [5.74, 6) is 0.391. The van der Waals surface area contributed by atoms with Crippen molar-refractivity contribution in [2.45, 2.75) is 12.5 Å². The number of nitrogens with two attached hydrogens (primary N) is 1. The minimum absolute atomic E-state index is 0. The van der Waals surface area contributed by atoms with E-state index in [-0.39, 0.29) is 42.6 Å². The molecule has 0 aliphatic carbocycles. The zero-order valence-electron chi connectivity index (χ0n) is 14.7. The van der Waals surface area contributed by atoms with Gasteiger partial charge in [-0.15, -0.1) is 12.4 Å². The van der Waals surface area contributed by atoms with Crippen LogP contribution in [0.2, 0.25) is 0 Å². The molecule has 2 aromatic rings. The lowest BCUT2D eigenvalue weighted by Gasteiger charge is -2.26. The molecular formula is C16H16ClN3. The minimum atomic E-state index is -0.282. The Morgan fingerprint density at radius 2 is 2.00 bits per heavy atom. The summed E-state index contributed by atoms with van der Waals surface area (Å²) < 4.78 is 32.5. The van der Waals surface area contributed by atoms with Gasteiger partial charge in [0.1, 0.15) is 0 Å². The highest BCUT2D eigenvalue weighted by Gasteiger charge is 2.33. The molecule has 2 aliphatic rings. The van der Waals surface area contributed by atoms with Crippen molar-refractivity contribution >= 4 is 24.1 Å². The summed E-state index contributed by atoms with van der Waals surface area (Å²) in [4.78, 5) is 6.20. The van der Waals surface area contributed by atoms with Crippen LogP contribution in [0.25, 0.3) is 0 Å². The molecule has 2 aromatic carbocycles. The highest BCUT2D eigenvalue weighted by molar-refractivity contribution is 5.98. The number of guanidine groups is 1. The van der Waals surface area contributed by atoms with E-state index >= 15 is 0 Å². The monoisotopic (exact) mass is 289 g/mol. The molecule has 4 heteroatoms. The van der Waals surface area contributed by atoms with Crippen LogP contribution in [0.15, 0.2) is 53.4 Å². The number of halogens is 1. The molecule has 20 heavy (non-hydrogen) atoms. The van der Waals surface area contributed by atoms with E-state index in [0.29, 0.717) is 30.1 Å². The summed E-state index contributed by atoms with van der Waals surface area (Å²) in [6, 6.07) is 7.14. The quantitative estimate of drug-likeness (QED) is 0.810. The van der Waals surface area contributed by atoms with Gasteiger partial charge in [-0.05, 0) is 29.2 Å². The highest BCUT2D eigenvalue weighted by Crippen LogP contribution is 2.39. The third kappa shape index (κ3) is 1.78. The average molecular weight is 290 g/mol. The SMILES string of the molecule is Cl.[2H]c1c([2H])c([2H])c2c(c1[2H])Cc1ccccc1N1C(N)=NCC21. The van der Waals surface area contributed by atoms with Gasteiger partial charge in [-0.25, -0.2) is 0 Å². The number of fused-ring (bicyclic) bond motifs is 5. The first-order valence-electron chi connectivity index (χ1n) is 8.27. The third-order valence-electron chi connectivity index (χ3n) is 3.73. The molecule has 3 nitrogen and oxygen atoms in total. The predicted octanol–water partition coefficient (Wildman–Crippen LogP) is 2.89.